The maximum atomic E-state index is 14.1. The number of carboxylic acid groups (broad SMARTS) is 1. The average molecular weight is 1040 g/mol. The number of hydrazone groups is 1. The van der Waals surface area contributed by atoms with Gasteiger partial charge in [0.2, 0.25) is 35.4 Å². The number of aromatic amines is 1. The quantitative estimate of drug-likeness (QED) is 0.0224. The fourth-order valence-electron chi connectivity index (χ4n) is 7.29. The van der Waals surface area contributed by atoms with Crippen molar-refractivity contribution in [3.8, 4) is 5.75 Å². The van der Waals surface area contributed by atoms with Crippen molar-refractivity contribution in [1.29, 1.82) is 0 Å². The van der Waals surface area contributed by atoms with Gasteiger partial charge >= 0.3 is 5.97 Å². The predicted octanol–water partition coefficient (Wildman–Crippen LogP) is -0.0494. The van der Waals surface area contributed by atoms with E-state index in [1.165, 1.54) is 42.7 Å². The summed E-state index contributed by atoms with van der Waals surface area (Å²) in [5.41, 5.74) is 4.87. The molecule has 3 aromatic carbocycles. The fraction of sp³-hybridized carbons (Fsp3) is 0.312. The minimum absolute atomic E-state index is 0.146. The summed E-state index contributed by atoms with van der Waals surface area (Å²) in [6, 6.07) is 16.5. The molecule has 26 heteroatoms. The Morgan fingerprint density at radius 2 is 1.55 bits per heavy atom. The number of aromatic nitrogens is 3. The van der Waals surface area contributed by atoms with Gasteiger partial charge in [0.05, 0.1) is 48.8 Å². The van der Waals surface area contributed by atoms with E-state index in [1.54, 1.807) is 68.4 Å². The van der Waals surface area contributed by atoms with E-state index in [9.17, 15) is 56.4 Å². The third-order valence-electron chi connectivity index (χ3n) is 11.1. The molecule has 74 heavy (non-hydrogen) atoms. The molecule has 2 aromatic heterocycles. The van der Waals surface area contributed by atoms with Crippen LogP contribution in [0.2, 0.25) is 0 Å². The van der Waals surface area contributed by atoms with E-state index in [0.717, 1.165) is 0 Å². The van der Waals surface area contributed by atoms with Crippen LogP contribution in [0.4, 0.5) is 5.82 Å². The number of hydrogen-bond donors (Lipinski definition) is 11. The smallest absolute Gasteiger partial charge is 0.305 e. The lowest BCUT2D eigenvalue weighted by molar-refractivity contribution is -0.141. The van der Waals surface area contributed by atoms with Crippen LogP contribution in [0, 0.1) is 5.92 Å². The molecule has 1 aliphatic rings. The Morgan fingerprint density at radius 3 is 2.26 bits per heavy atom. The minimum Gasteiger partial charge on any atom is -0.494 e. The standard InChI is InChI=1S/C48H54N12O13S/c1-27(2)43-48(69)58-36(25-51-40(61)22-39-54-32-9-4-5-10-33(32)55-39)45(66)52-26-41(62)56-35(21-42(63)64)46(67)57-34(47(68)59-43)20-28-12-15-31(16-13-28)73-19-7-18-49-44(65)30-14-17-38(50-23-30)60-53-24-29-8-3-6-11-37(29)74(70,71)72/h3-6,8-17,23-24,27,34-36,43H,7,18-22,25-26H2,1-2H3,(H,49,65)(H,50,60)(H,51,61)(H,52,66)(H,54,55)(H,56,62)(H,57,67)(H,58,69)(H,59,68)(H,63,64)(H,70,71,72)/b53-24+/t34-,35+,36+,43+/m1/s1. The number of benzene rings is 3. The molecule has 11 N–H and O–H groups in total. The summed E-state index contributed by atoms with van der Waals surface area (Å²) in [5.74, 6) is -6.51. The van der Waals surface area contributed by atoms with E-state index in [1.807, 2.05) is 0 Å². The Hall–Kier alpha value is -8.78. The number of nitrogens with one attached hydrogen (secondary N) is 9. The molecule has 0 spiro atoms. The molecular weight excluding hydrogens is 985 g/mol. The van der Waals surface area contributed by atoms with Crippen molar-refractivity contribution in [2.24, 2.45) is 11.0 Å². The number of anilines is 1. The highest BCUT2D eigenvalue weighted by Gasteiger charge is 2.34. The van der Waals surface area contributed by atoms with Crippen LogP contribution in [0.1, 0.15) is 54.0 Å². The number of fused-ring (bicyclic) bond motifs is 1. The first-order chi connectivity index (χ1) is 35.3. The molecule has 1 fully saturated rings. The molecule has 390 valence electrons. The fourth-order valence-corrected chi connectivity index (χ4v) is 7.96. The molecule has 3 heterocycles. The number of ether oxygens (including phenoxy) is 1. The molecule has 4 atom stereocenters. The second-order valence-corrected chi connectivity index (χ2v) is 18.5. The van der Waals surface area contributed by atoms with Crippen LogP contribution in [-0.4, -0.2) is 137 Å². The zero-order valence-electron chi connectivity index (χ0n) is 39.9. The second-order valence-electron chi connectivity index (χ2n) is 17.1. The molecule has 6 rings (SSSR count). The van der Waals surface area contributed by atoms with Gasteiger partial charge in [0.1, 0.15) is 46.5 Å². The maximum Gasteiger partial charge on any atom is 0.305 e. The summed E-state index contributed by atoms with van der Waals surface area (Å²) in [5, 5.41) is 31.2. The Morgan fingerprint density at radius 1 is 0.838 bits per heavy atom. The van der Waals surface area contributed by atoms with Gasteiger partial charge < -0.3 is 52.0 Å². The van der Waals surface area contributed by atoms with Crippen LogP contribution in [-0.2, 0) is 56.5 Å². The highest BCUT2D eigenvalue weighted by molar-refractivity contribution is 7.86. The predicted molar refractivity (Wildman–Crippen MR) is 265 cm³/mol. The highest BCUT2D eigenvalue weighted by atomic mass is 32.2. The van der Waals surface area contributed by atoms with Crippen LogP contribution in [0.5, 0.6) is 5.75 Å². The molecular formula is C48H54N12O13S. The van der Waals surface area contributed by atoms with E-state index in [-0.39, 0.29) is 47.8 Å². The molecule has 1 saturated heterocycles. The van der Waals surface area contributed by atoms with Crippen LogP contribution in [0.15, 0.2) is 101 Å². The van der Waals surface area contributed by atoms with Gasteiger partial charge in [-0.05, 0) is 60.4 Å². The number of aliphatic carboxylic acids is 1. The largest absolute Gasteiger partial charge is 0.494 e. The Labute approximate surface area is 423 Å². The summed E-state index contributed by atoms with van der Waals surface area (Å²) < 4.78 is 38.4. The van der Waals surface area contributed by atoms with Crippen LogP contribution >= 0.6 is 0 Å². The van der Waals surface area contributed by atoms with Crippen molar-refractivity contribution in [1.82, 2.24) is 52.2 Å². The van der Waals surface area contributed by atoms with Crippen molar-refractivity contribution in [3.05, 3.63) is 114 Å². The number of nitrogens with zero attached hydrogens (tertiary/aromatic N) is 3. The number of amides is 7. The average Bonchev–Trinajstić information content (AvgIpc) is 3.77. The second kappa shape index (κ2) is 25.6. The van der Waals surface area contributed by atoms with Gasteiger partial charge in [-0.3, -0.25) is 48.3 Å². The third kappa shape index (κ3) is 16.1. The monoisotopic (exact) mass is 1040 g/mol. The van der Waals surface area contributed by atoms with Crippen LogP contribution in [0.3, 0.4) is 0 Å². The van der Waals surface area contributed by atoms with Crippen molar-refractivity contribution in [2.45, 2.75) is 68.6 Å². The SMILES string of the molecule is CC(C)[C@@H]1NC(=O)[C@@H](Cc2ccc(OCCCNC(=O)c3ccc(N/N=C/c4ccccc4S(=O)(=O)O)nc3)cc2)NC(=O)[C@H](CC(=O)O)NC(=O)CNC(=O)[C@H](CNC(=O)Cc2nc3ccccc3[nH]2)NC1=O. The van der Waals surface area contributed by atoms with Crippen LogP contribution in [0.25, 0.3) is 11.0 Å². The van der Waals surface area contributed by atoms with Crippen molar-refractivity contribution in [2.75, 3.05) is 31.7 Å². The number of pyridine rings is 1. The van der Waals surface area contributed by atoms with Gasteiger partial charge in [-0.25, -0.2) is 9.97 Å². The maximum absolute atomic E-state index is 14.1. The van der Waals surface area contributed by atoms with Gasteiger partial charge in [-0.15, -0.1) is 0 Å². The van der Waals surface area contributed by atoms with Gasteiger partial charge in [0.15, 0.2) is 0 Å². The van der Waals surface area contributed by atoms with E-state index in [0.29, 0.717) is 34.6 Å². The lowest BCUT2D eigenvalue weighted by Crippen LogP contribution is -2.60. The summed E-state index contributed by atoms with van der Waals surface area (Å²) in [4.78, 5) is 117. The van der Waals surface area contributed by atoms with Crippen molar-refractivity contribution >= 4 is 80.5 Å². The van der Waals surface area contributed by atoms with Crippen molar-refractivity contribution < 1.29 is 61.2 Å². The molecule has 1 aliphatic heterocycles. The topological polar surface area (TPSA) is 371 Å². The molecule has 5 aromatic rings. The number of carboxylic acids is 1. The molecule has 0 bridgehead atoms. The third-order valence-corrected chi connectivity index (χ3v) is 12.0. The first kappa shape index (κ1) is 54.6. The number of rotatable bonds is 19. The van der Waals surface area contributed by atoms with E-state index in [4.69, 9.17) is 4.74 Å². The summed E-state index contributed by atoms with van der Waals surface area (Å²) in [7, 11) is -4.46. The van der Waals surface area contributed by atoms with Crippen LogP contribution < -0.4 is 47.4 Å². The first-order valence-corrected chi connectivity index (χ1v) is 24.5. The van der Waals surface area contributed by atoms with E-state index >= 15 is 0 Å². The number of imidazole rings is 1. The Kier molecular flexibility index (Phi) is 18.8. The highest BCUT2D eigenvalue weighted by Crippen LogP contribution is 2.17. The number of hydrogen-bond acceptors (Lipinski definition) is 15. The molecule has 0 aliphatic carbocycles. The summed E-state index contributed by atoms with van der Waals surface area (Å²) in [6.45, 7) is 2.50. The molecule has 0 radical (unpaired) electrons. The molecule has 0 saturated carbocycles. The minimum atomic E-state index is -4.46. The zero-order valence-corrected chi connectivity index (χ0v) is 40.7. The summed E-state index contributed by atoms with van der Waals surface area (Å²) >= 11 is 0. The van der Waals surface area contributed by atoms with Crippen molar-refractivity contribution in [3.63, 3.8) is 0 Å². The van der Waals surface area contributed by atoms with Gasteiger partial charge in [-0.2, -0.15) is 13.5 Å². The molecule has 7 amide bonds. The first-order valence-electron chi connectivity index (χ1n) is 23.0. The zero-order chi connectivity index (χ0) is 53.4. The lowest BCUT2D eigenvalue weighted by Gasteiger charge is -2.27. The van der Waals surface area contributed by atoms with E-state index in [2.05, 4.69) is 62.7 Å². The van der Waals surface area contributed by atoms with Gasteiger partial charge in [-0.1, -0.05) is 56.3 Å². The Balaban J connectivity index is 1.04. The lowest BCUT2D eigenvalue weighted by atomic mass is 10.00. The number of carbonyl (C=O) groups excluding carboxylic acids is 7. The van der Waals surface area contributed by atoms with Gasteiger partial charge in [0.25, 0.3) is 16.0 Å². The normalized spacial score (nSPS) is 18.0. The van der Waals surface area contributed by atoms with E-state index < -0.39 is 107 Å². The molecule has 25 nitrogen and oxygen atoms in total. The number of H-pyrrole nitrogens is 1. The number of para-hydroxylation sites is 2. The molecule has 0 unspecified atom stereocenters. The van der Waals surface area contributed by atoms with Gasteiger partial charge in [0, 0.05) is 31.3 Å². The summed E-state index contributed by atoms with van der Waals surface area (Å²) in [6.07, 6.45) is 1.66. The number of carbonyl (C=O) groups is 8. The Bertz CT molecular complexity index is 2970.